The third-order valence-electron chi connectivity index (χ3n) is 5.06. The first-order chi connectivity index (χ1) is 15.0. The van der Waals surface area contributed by atoms with Gasteiger partial charge in [-0.1, -0.05) is 18.2 Å². The van der Waals surface area contributed by atoms with E-state index in [2.05, 4.69) is 22.6 Å². The van der Waals surface area contributed by atoms with Crippen LogP contribution in [0.15, 0.2) is 73.7 Å². The molecule has 8 heteroatoms. The average molecular weight is 427 g/mol. The Morgan fingerprint density at radius 3 is 2.68 bits per heavy atom. The second-order valence-corrected chi connectivity index (χ2v) is 8.22. The summed E-state index contributed by atoms with van der Waals surface area (Å²) in [6.07, 6.45) is 3.37. The van der Waals surface area contributed by atoms with Gasteiger partial charge in [0.2, 0.25) is 0 Å². The molecule has 0 spiro atoms. The van der Waals surface area contributed by atoms with Gasteiger partial charge in [-0.25, -0.2) is 15.0 Å². The van der Waals surface area contributed by atoms with Gasteiger partial charge in [-0.3, -0.25) is 4.57 Å². The van der Waals surface area contributed by atoms with Gasteiger partial charge in [-0.15, -0.1) is 11.3 Å². The number of aromatic nitrogens is 4. The van der Waals surface area contributed by atoms with E-state index >= 15 is 0 Å². The predicted molar refractivity (Wildman–Crippen MR) is 123 cm³/mol. The van der Waals surface area contributed by atoms with Crippen LogP contribution >= 0.6 is 11.3 Å². The first-order valence-electron chi connectivity index (χ1n) is 9.53. The standard InChI is InChI=1S/C23H17N5O2S/c1-14(2)16-5-8-19-21(11-16)31-23(26-19)15-3-6-17(7-4-15)27-13-24-12-20(27)18-9-10-22(25-18)28(29)30/h3-13,25H,1H2,2H3. The van der Waals surface area contributed by atoms with Gasteiger partial charge < -0.3 is 10.1 Å². The van der Waals surface area contributed by atoms with Crippen molar-refractivity contribution in [3.8, 4) is 27.6 Å². The minimum Gasteiger partial charge on any atom is -0.358 e. The molecule has 0 unspecified atom stereocenters. The number of nitrogens with one attached hydrogen (secondary N) is 1. The molecule has 0 bridgehead atoms. The van der Waals surface area contributed by atoms with Crippen LogP contribution in [0.5, 0.6) is 0 Å². The number of thiazole rings is 1. The molecule has 5 aromatic rings. The summed E-state index contributed by atoms with van der Waals surface area (Å²) in [5, 5.41) is 11.9. The van der Waals surface area contributed by atoms with Crippen molar-refractivity contribution in [2.75, 3.05) is 0 Å². The van der Waals surface area contributed by atoms with Crippen LogP contribution in [0.4, 0.5) is 5.82 Å². The van der Waals surface area contributed by atoms with Crippen molar-refractivity contribution in [1.82, 2.24) is 19.5 Å². The van der Waals surface area contributed by atoms with Crippen LogP contribution in [0.25, 0.3) is 43.4 Å². The fourth-order valence-electron chi connectivity index (χ4n) is 3.42. The monoisotopic (exact) mass is 427 g/mol. The molecule has 7 nitrogen and oxygen atoms in total. The van der Waals surface area contributed by atoms with Crippen LogP contribution in [0.3, 0.4) is 0 Å². The molecule has 0 radical (unpaired) electrons. The smallest absolute Gasteiger partial charge is 0.321 e. The van der Waals surface area contributed by atoms with E-state index in [4.69, 9.17) is 4.98 Å². The van der Waals surface area contributed by atoms with Gasteiger partial charge in [-0.05, 0) is 59.9 Å². The first-order valence-corrected chi connectivity index (χ1v) is 10.3. The molecule has 0 aliphatic heterocycles. The lowest BCUT2D eigenvalue weighted by Gasteiger charge is -2.06. The zero-order valence-electron chi connectivity index (χ0n) is 16.6. The molecule has 31 heavy (non-hydrogen) atoms. The minimum absolute atomic E-state index is 0.0521. The molecule has 0 saturated carbocycles. The van der Waals surface area contributed by atoms with Crippen LogP contribution in [0.2, 0.25) is 0 Å². The van der Waals surface area contributed by atoms with Crippen molar-refractivity contribution in [2.45, 2.75) is 6.92 Å². The summed E-state index contributed by atoms with van der Waals surface area (Å²) in [4.78, 5) is 22.3. The van der Waals surface area contributed by atoms with E-state index in [9.17, 15) is 10.1 Å². The summed E-state index contributed by atoms with van der Waals surface area (Å²) in [7, 11) is 0. The van der Waals surface area contributed by atoms with Gasteiger partial charge in [0.25, 0.3) is 0 Å². The highest BCUT2D eigenvalue weighted by atomic mass is 32.1. The second-order valence-electron chi connectivity index (χ2n) is 7.19. The molecule has 0 saturated heterocycles. The highest BCUT2D eigenvalue weighted by Gasteiger charge is 2.15. The SMILES string of the molecule is C=C(C)c1ccc2nc(-c3ccc(-n4cncc4-c4ccc([N+](=O)[O-])[nH]4)cc3)sc2c1. The summed E-state index contributed by atoms with van der Waals surface area (Å²) in [5.74, 6) is -0.0521. The number of allylic oxidation sites excluding steroid dienone is 1. The highest BCUT2D eigenvalue weighted by molar-refractivity contribution is 7.21. The largest absolute Gasteiger partial charge is 0.358 e. The third-order valence-corrected chi connectivity index (χ3v) is 6.12. The molecule has 152 valence electrons. The zero-order chi connectivity index (χ0) is 21.5. The number of rotatable bonds is 5. The molecule has 0 atom stereocenters. The molecule has 0 aliphatic rings. The van der Waals surface area contributed by atoms with Gasteiger partial charge in [0.1, 0.15) is 10.7 Å². The van der Waals surface area contributed by atoms with Crippen molar-refractivity contribution < 1.29 is 4.92 Å². The van der Waals surface area contributed by atoms with Crippen molar-refractivity contribution in [1.29, 1.82) is 0 Å². The summed E-state index contributed by atoms with van der Waals surface area (Å²) >= 11 is 1.65. The molecular formula is C23H17N5O2S. The number of H-pyrrole nitrogens is 1. The number of imidazole rings is 1. The van der Waals surface area contributed by atoms with Crippen molar-refractivity contribution in [2.24, 2.45) is 0 Å². The lowest BCUT2D eigenvalue weighted by atomic mass is 10.1. The Bertz CT molecular complexity index is 1440. The van der Waals surface area contributed by atoms with Gasteiger partial charge in [0.05, 0.1) is 22.7 Å². The van der Waals surface area contributed by atoms with E-state index in [-0.39, 0.29) is 5.82 Å². The van der Waals surface area contributed by atoms with E-state index in [0.717, 1.165) is 43.3 Å². The molecule has 5 rings (SSSR count). The Hall–Kier alpha value is -4.04. The number of hydrogen-bond donors (Lipinski definition) is 1. The van der Waals surface area contributed by atoms with Crippen molar-refractivity contribution >= 4 is 32.9 Å². The maximum Gasteiger partial charge on any atom is 0.321 e. The number of nitro groups is 1. The van der Waals surface area contributed by atoms with Gasteiger partial charge in [0, 0.05) is 17.3 Å². The molecule has 0 amide bonds. The molecule has 0 aliphatic carbocycles. The summed E-state index contributed by atoms with van der Waals surface area (Å²) in [5.41, 5.74) is 6.43. The number of aromatic amines is 1. The minimum atomic E-state index is -0.448. The summed E-state index contributed by atoms with van der Waals surface area (Å²) in [6.45, 7) is 6.01. The number of fused-ring (bicyclic) bond motifs is 1. The van der Waals surface area contributed by atoms with Crippen LogP contribution in [0.1, 0.15) is 12.5 Å². The highest BCUT2D eigenvalue weighted by Crippen LogP contribution is 2.33. The summed E-state index contributed by atoms with van der Waals surface area (Å²) in [6, 6.07) is 17.3. The lowest BCUT2D eigenvalue weighted by Crippen LogP contribution is -1.95. The Morgan fingerprint density at radius 1 is 1.16 bits per heavy atom. The van der Waals surface area contributed by atoms with E-state index in [1.165, 1.54) is 6.07 Å². The van der Waals surface area contributed by atoms with Crippen LogP contribution < -0.4 is 0 Å². The number of benzene rings is 2. The third kappa shape index (κ3) is 3.43. The van der Waals surface area contributed by atoms with E-state index in [0.29, 0.717) is 5.69 Å². The topological polar surface area (TPSA) is 89.6 Å². The average Bonchev–Trinajstić information content (AvgIpc) is 3.51. The first kappa shape index (κ1) is 19.0. The Labute approximate surface area is 181 Å². The fraction of sp³-hybridized carbons (Fsp3) is 0.0435. The van der Waals surface area contributed by atoms with Crippen molar-refractivity contribution in [3.63, 3.8) is 0 Å². The van der Waals surface area contributed by atoms with Crippen LogP contribution in [-0.2, 0) is 0 Å². The second kappa shape index (κ2) is 7.33. The Kier molecular flexibility index (Phi) is 4.48. The number of nitrogens with zero attached hydrogens (tertiary/aromatic N) is 4. The van der Waals surface area contributed by atoms with Crippen LogP contribution in [-0.4, -0.2) is 24.4 Å². The lowest BCUT2D eigenvalue weighted by molar-refractivity contribution is -0.389. The Morgan fingerprint density at radius 2 is 1.97 bits per heavy atom. The van der Waals surface area contributed by atoms with Gasteiger partial charge in [-0.2, -0.15) is 0 Å². The zero-order valence-corrected chi connectivity index (χ0v) is 17.4. The number of hydrogen-bond acceptors (Lipinski definition) is 5. The molecular weight excluding hydrogens is 410 g/mol. The quantitative estimate of drug-likeness (QED) is 0.272. The maximum absolute atomic E-state index is 11.0. The van der Waals surface area contributed by atoms with E-state index in [1.807, 2.05) is 47.9 Å². The van der Waals surface area contributed by atoms with Crippen LogP contribution in [0, 0.1) is 10.1 Å². The van der Waals surface area contributed by atoms with Crippen molar-refractivity contribution in [3.05, 3.63) is 89.4 Å². The molecule has 3 heterocycles. The predicted octanol–water partition coefficient (Wildman–Crippen LogP) is 6.09. The molecule has 0 fully saturated rings. The maximum atomic E-state index is 11.0. The van der Waals surface area contributed by atoms with E-state index < -0.39 is 4.92 Å². The van der Waals surface area contributed by atoms with E-state index in [1.54, 1.807) is 29.9 Å². The van der Waals surface area contributed by atoms with Gasteiger partial charge >= 0.3 is 5.82 Å². The molecule has 3 aromatic heterocycles. The Balaban J connectivity index is 1.47. The summed E-state index contributed by atoms with van der Waals surface area (Å²) < 4.78 is 3.02. The van der Waals surface area contributed by atoms with Gasteiger partial charge in [0.15, 0.2) is 5.69 Å². The molecule has 2 aromatic carbocycles. The molecule has 1 N–H and O–H groups in total. The fourth-order valence-corrected chi connectivity index (χ4v) is 4.43. The normalized spacial score (nSPS) is 11.1.